The molecule has 2 bridgehead atoms. The van der Waals surface area contributed by atoms with Gasteiger partial charge < -0.3 is 12.9 Å². The van der Waals surface area contributed by atoms with Crippen LogP contribution in [0, 0.1) is 5.82 Å². The van der Waals surface area contributed by atoms with Crippen LogP contribution in [0.5, 0.6) is 0 Å². The molecule has 1 aromatic carbocycles. The van der Waals surface area contributed by atoms with Gasteiger partial charge in [-0.15, -0.1) is 0 Å². The molecular formula is C11H10BF4K. The molecule has 0 radical (unpaired) electrons. The average Bonchev–Trinajstić information content (AvgIpc) is 1.95. The minimum absolute atomic E-state index is 0. The number of hydrogen-bond acceptors (Lipinski definition) is 0. The largest absolute Gasteiger partial charge is 1.00 e. The predicted octanol–water partition coefficient (Wildman–Crippen LogP) is 0.853. The Morgan fingerprint density at radius 1 is 1.06 bits per heavy atom. The smallest absolute Gasteiger partial charge is 0.449 e. The maximum absolute atomic E-state index is 13.0. The Morgan fingerprint density at radius 3 is 2.12 bits per heavy atom. The van der Waals surface area contributed by atoms with E-state index in [0.717, 1.165) is 5.56 Å². The second kappa shape index (κ2) is 4.07. The zero-order chi connectivity index (χ0) is 11.6. The minimum atomic E-state index is -4.74. The molecule has 6 heteroatoms. The van der Waals surface area contributed by atoms with Gasteiger partial charge >= 0.3 is 58.4 Å². The van der Waals surface area contributed by atoms with Gasteiger partial charge in [0.15, 0.2) is 0 Å². The molecule has 0 amide bonds. The molecule has 3 aliphatic carbocycles. The predicted molar refractivity (Wildman–Crippen MR) is 53.7 cm³/mol. The van der Waals surface area contributed by atoms with Crippen molar-refractivity contribution in [3.05, 3.63) is 35.6 Å². The molecule has 0 atom stereocenters. The molecule has 0 nitrogen and oxygen atoms in total. The summed E-state index contributed by atoms with van der Waals surface area (Å²) in [6.07, 6.45) is 0.479. The van der Waals surface area contributed by atoms with Crippen molar-refractivity contribution in [3.8, 4) is 0 Å². The van der Waals surface area contributed by atoms with E-state index in [0.29, 0.717) is 0 Å². The summed E-state index contributed by atoms with van der Waals surface area (Å²) in [5.74, 6) is -0.367. The Kier molecular flexibility index (Phi) is 3.36. The second-order valence-electron chi connectivity index (χ2n) is 5.26. The maximum atomic E-state index is 13.0. The monoisotopic (exact) mass is 268 g/mol. The van der Waals surface area contributed by atoms with Crippen LogP contribution in [0.15, 0.2) is 24.3 Å². The van der Waals surface area contributed by atoms with Crippen LogP contribution in [0.3, 0.4) is 0 Å². The van der Waals surface area contributed by atoms with Crippen LogP contribution in [0.25, 0.3) is 0 Å². The van der Waals surface area contributed by atoms with E-state index in [9.17, 15) is 17.3 Å². The fraction of sp³-hybridized carbons (Fsp3) is 0.455. The maximum Gasteiger partial charge on any atom is 1.00 e. The Hall–Kier alpha value is 0.641. The first-order valence-electron chi connectivity index (χ1n) is 5.32. The van der Waals surface area contributed by atoms with Crippen molar-refractivity contribution in [2.75, 3.05) is 0 Å². The Morgan fingerprint density at radius 2 is 1.65 bits per heavy atom. The molecule has 0 unspecified atom stereocenters. The Bertz CT molecular complexity index is 437. The van der Waals surface area contributed by atoms with Gasteiger partial charge in [-0.25, -0.2) is 4.39 Å². The van der Waals surface area contributed by atoms with Gasteiger partial charge in [0.25, 0.3) is 0 Å². The third-order valence-corrected chi connectivity index (χ3v) is 4.20. The van der Waals surface area contributed by atoms with Crippen molar-refractivity contribution in [1.82, 2.24) is 0 Å². The Balaban J connectivity index is 0.00000108. The molecule has 4 rings (SSSR count). The molecule has 3 saturated carbocycles. The van der Waals surface area contributed by atoms with Gasteiger partial charge in [0.1, 0.15) is 5.82 Å². The molecule has 17 heavy (non-hydrogen) atoms. The van der Waals surface area contributed by atoms with Crippen molar-refractivity contribution in [3.63, 3.8) is 0 Å². The van der Waals surface area contributed by atoms with Crippen molar-refractivity contribution in [1.29, 1.82) is 0 Å². The summed E-state index contributed by atoms with van der Waals surface area (Å²) in [4.78, 5) is 0. The van der Waals surface area contributed by atoms with Crippen LogP contribution >= 0.6 is 0 Å². The molecular weight excluding hydrogens is 258 g/mol. The molecule has 0 heterocycles. The van der Waals surface area contributed by atoms with Gasteiger partial charge in [-0.3, -0.25) is 0 Å². The van der Waals surface area contributed by atoms with E-state index >= 15 is 0 Å². The topological polar surface area (TPSA) is 0 Å². The molecule has 3 fully saturated rings. The third kappa shape index (κ3) is 1.87. The van der Waals surface area contributed by atoms with Gasteiger partial charge in [-0.2, -0.15) is 0 Å². The average molecular weight is 268 g/mol. The fourth-order valence-electron chi connectivity index (χ4n) is 3.34. The van der Waals surface area contributed by atoms with Crippen LogP contribution in [-0.4, -0.2) is 6.98 Å². The van der Waals surface area contributed by atoms with Gasteiger partial charge in [0.2, 0.25) is 0 Å². The van der Waals surface area contributed by atoms with E-state index in [-0.39, 0.29) is 81.9 Å². The summed E-state index contributed by atoms with van der Waals surface area (Å²) >= 11 is 0. The minimum Gasteiger partial charge on any atom is -0.449 e. The number of benzene rings is 1. The van der Waals surface area contributed by atoms with E-state index in [1.165, 1.54) is 12.1 Å². The SMILES string of the molecule is Fc1cccc(C23CC([B-](F)(F)F)(C2)C3)c1.[K+]. The van der Waals surface area contributed by atoms with E-state index in [2.05, 4.69) is 0 Å². The second-order valence-corrected chi connectivity index (χ2v) is 5.26. The van der Waals surface area contributed by atoms with Crippen molar-refractivity contribution in [2.24, 2.45) is 0 Å². The molecule has 0 spiro atoms. The molecule has 0 saturated heterocycles. The summed E-state index contributed by atoms with van der Waals surface area (Å²) < 4.78 is 51.0. The van der Waals surface area contributed by atoms with Crippen molar-refractivity contribution in [2.45, 2.75) is 30.0 Å². The fourth-order valence-corrected chi connectivity index (χ4v) is 3.34. The van der Waals surface area contributed by atoms with Crippen molar-refractivity contribution >= 4 is 6.98 Å². The summed E-state index contributed by atoms with van der Waals surface area (Å²) in [6, 6.07) is 5.98. The zero-order valence-corrected chi connectivity index (χ0v) is 12.6. The first-order valence-corrected chi connectivity index (χ1v) is 5.32. The number of hydrogen-bond donors (Lipinski definition) is 0. The van der Waals surface area contributed by atoms with E-state index in [4.69, 9.17) is 0 Å². The van der Waals surface area contributed by atoms with Crippen LogP contribution in [-0.2, 0) is 5.41 Å². The summed E-state index contributed by atoms with van der Waals surface area (Å²) in [7, 11) is 0. The zero-order valence-electron chi connectivity index (χ0n) is 9.52. The van der Waals surface area contributed by atoms with E-state index in [1.54, 1.807) is 12.1 Å². The molecule has 86 valence electrons. The molecule has 0 N–H and O–H groups in total. The van der Waals surface area contributed by atoms with E-state index in [1.807, 2.05) is 0 Å². The first-order chi connectivity index (χ1) is 7.37. The van der Waals surface area contributed by atoms with Gasteiger partial charge in [-0.1, -0.05) is 36.7 Å². The standard InChI is InChI=1S/C11H10BF4.K/c13-9-3-1-2-8(4-9)10-5-11(6-10,7-10)12(14,15)16;/h1-4H,5-7H2;/q-1;+1. The first kappa shape index (κ1) is 14.1. The normalized spacial score (nSPS) is 34.4. The summed E-state index contributed by atoms with van der Waals surface area (Å²) in [5.41, 5.74) is 0.355. The van der Waals surface area contributed by atoms with Crippen LogP contribution in [0.1, 0.15) is 24.8 Å². The van der Waals surface area contributed by atoms with Gasteiger partial charge in [0, 0.05) is 0 Å². The van der Waals surface area contributed by atoms with Crippen molar-refractivity contribution < 1.29 is 68.7 Å². The quantitative estimate of drug-likeness (QED) is 0.551. The molecule has 3 aliphatic rings. The van der Waals surface area contributed by atoms with Crippen LogP contribution in [0.4, 0.5) is 17.3 Å². The molecule has 0 aliphatic heterocycles. The summed E-state index contributed by atoms with van der Waals surface area (Å²) in [6.45, 7) is -4.74. The van der Waals surface area contributed by atoms with Crippen LogP contribution in [0.2, 0.25) is 5.31 Å². The van der Waals surface area contributed by atoms with Crippen LogP contribution < -0.4 is 51.4 Å². The molecule has 1 aromatic rings. The van der Waals surface area contributed by atoms with E-state index < -0.39 is 12.3 Å². The third-order valence-electron chi connectivity index (χ3n) is 4.20. The van der Waals surface area contributed by atoms with Gasteiger partial charge in [0.05, 0.1) is 0 Å². The summed E-state index contributed by atoms with van der Waals surface area (Å²) in [5, 5.41) is -1.40. The van der Waals surface area contributed by atoms with Gasteiger partial charge in [-0.05, 0) is 23.1 Å². The Labute approximate surface area is 140 Å². The number of halogens is 4. The number of rotatable bonds is 2. The molecule has 0 aromatic heterocycles.